The van der Waals surface area contributed by atoms with Crippen LogP contribution in [0.15, 0.2) is 41.4 Å². The van der Waals surface area contributed by atoms with Crippen molar-refractivity contribution in [2.45, 2.75) is 0 Å². The molecular weight excluding hydrogens is 355 g/mol. The van der Waals surface area contributed by atoms with Crippen molar-refractivity contribution >= 4 is 50.7 Å². The van der Waals surface area contributed by atoms with Gasteiger partial charge < -0.3 is 9.30 Å². The van der Waals surface area contributed by atoms with Gasteiger partial charge in [0.1, 0.15) is 5.75 Å². The van der Waals surface area contributed by atoms with Gasteiger partial charge in [-0.1, -0.05) is 40.6 Å². The van der Waals surface area contributed by atoms with Gasteiger partial charge in [0.15, 0.2) is 4.80 Å². The van der Waals surface area contributed by atoms with E-state index in [1.165, 1.54) is 11.3 Å². The summed E-state index contributed by atoms with van der Waals surface area (Å²) in [5.74, 6) is 0.273. The summed E-state index contributed by atoms with van der Waals surface area (Å²) in [6.45, 7) is 0. The predicted molar refractivity (Wildman–Crippen MR) is 93.7 cm³/mol. The first kappa shape index (κ1) is 16.1. The fraction of sp³-hybridized carbons (Fsp3) is 0.125. The first-order valence-electron chi connectivity index (χ1n) is 6.67. The molecule has 1 heterocycles. The van der Waals surface area contributed by atoms with Crippen LogP contribution in [-0.2, 0) is 7.05 Å². The number of methoxy groups -OCH3 is 1. The van der Waals surface area contributed by atoms with Crippen LogP contribution in [-0.4, -0.2) is 17.6 Å². The number of hydrogen-bond acceptors (Lipinski definition) is 3. The number of amides is 1. The molecule has 1 amide bonds. The Morgan fingerprint density at radius 1 is 1.26 bits per heavy atom. The summed E-state index contributed by atoms with van der Waals surface area (Å²) in [7, 11) is 3.37. The molecule has 0 N–H and O–H groups in total. The second-order valence-electron chi connectivity index (χ2n) is 4.83. The molecule has 1 aromatic heterocycles. The van der Waals surface area contributed by atoms with E-state index in [-0.39, 0.29) is 5.91 Å². The Balaban J connectivity index is 2.12. The Labute approximate surface area is 146 Å². The van der Waals surface area contributed by atoms with Gasteiger partial charge in [0.05, 0.1) is 22.3 Å². The van der Waals surface area contributed by atoms with Crippen molar-refractivity contribution in [2.24, 2.45) is 12.0 Å². The molecule has 0 unspecified atom stereocenters. The number of rotatable bonds is 2. The molecule has 2 aromatic carbocycles. The van der Waals surface area contributed by atoms with Crippen LogP contribution in [0, 0.1) is 0 Å². The lowest BCUT2D eigenvalue weighted by atomic mass is 10.2. The van der Waals surface area contributed by atoms with Gasteiger partial charge in [-0.05, 0) is 30.3 Å². The van der Waals surface area contributed by atoms with Crippen LogP contribution in [0.5, 0.6) is 5.75 Å². The predicted octanol–water partition coefficient (Wildman–Crippen LogP) is 4.30. The molecule has 0 aliphatic heterocycles. The van der Waals surface area contributed by atoms with Gasteiger partial charge in [0, 0.05) is 17.6 Å². The molecular formula is C16H12Cl2N2O2S. The molecule has 0 aliphatic carbocycles. The van der Waals surface area contributed by atoms with Crippen LogP contribution in [0.3, 0.4) is 0 Å². The summed E-state index contributed by atoms with van der Waals surface area (Å²) in [5, 5.41) is 1.08. The molecule has 0 bridgehead atoms. The maximum Gasteiger partial charge on any atom is 0.279 e. The largest absolute Gasteiger partial charge is 0.497 e. The highest BCUT2D eigenvalue weighted by Crippen LogP contribution is 2.29. The molecule has 0 radical (unpaired) electrons. The van der Waals surface area contributed by atoms with Gasteiger partial charge in [0.25, 0.3) is 5.91 Å². The molecule has 23 heavy (non-hydrogen) atoms. The second kappa shape index (κ2) is 6.35. The van der Waals surface area contributed by atoms with Crippen LogP contribution in [0.1, 0.15) is 10.4 Å². The Hall–Kier alpha value is -1.82. The topological polar surface area (TPSA) is 43.6 Å². The number of aromatic nitrogens is 1. The second-order valence-corrected chi connectivity index (χ2v) is 6.68. The standard InChI is InChI=1S/C16H12Cl2N2O2S/c1-20-14-12(18)7-10(17)8-13(14)23-16(20)19-15(21)9-4-3-5-11(6-9)22-2/h3-8H,1-2H3. The Bertz CT molecular complexity index is 976. The third kappa shape index (κ3) is 3.13. The summed E-state index contributed by atoms with van der Waals surface area (Å²) in [4.78, 5) is 17.1. The third-order valence-corrected chi connectivity index (χ3v) is 4.92. The van der Waals surface area contributed by atoms with Crippen LogP contribution in [0.25, 0.3) is 10.2 Å². The number of aryl methyl sites for hydroxylation is 1. The smallest absolute Gasteiger partial charge is 0.279 e. The monoisotopic (exact) mass is 366 g/mol. The van der Waals surface area contributed by atoms with E-state index in [1.54, 1.807) is 42.0 Å². The fourth-order valence-electron chi connectivity index (χ4n) is 2.21. The van der Waals surface area contributed by atoms with Crippen LogP contribution in [0.4, 0.5) is 0 Å². The highest BCUT2D eigenvalue weighted by molar-refractivity contribution is 7.16. The number of ether oxygens (including phenoxy) is 1. The summed E-state index contributed by atoms with van der Waals surface area (Å²) in [6, 6.07) is 10.4. The van der Waals surface area contributed by atoms with Crippen molar-refractivity contribution in [1.82, 2.24) is 4.57 Å². The maximum absolute atomic E-state index is 12.4. The fourth-order valence-corrected chi connectivity index (χ4v) is 4.04. The molecule has 0 aliphatic rings. The van der Waals surface area contributed by atoms with Gasteiger partial charge in [-0.2, -0.15) is 4.99 Å². The van der Waals surface area contributed by atoms with Crippen LogP contribution < -0.4 is 9.54 Å². The highest BCUT2D eigenvalue weighted by Gasteiger charge is 2.11. The summed E-state index contributed by atoms with van der Waals surface area (Å²) in [6.07, 6.45) is 0. The number of carbonyl (C=O) groups excluding carboxylic acids is 1. The zero-order valence-corrected chi connectivity index (χ0v) is 14.7. The molecule has 0 spiro atoms. The number of carbonyl (C=O) groups is 1. The van der Waals surface area contributed by atoms with E-state index in [4.69, 9.17) is 27.9 Å². The molecule has 0 fully saturated rings. The van der Waals surface area contributed by atoms with Crippen LogP contribution >= 0.6 is 34.5 Å². The number of nitrogens with zero attached hydrogens (tertiary/aromatic N) is 2. The van der Waals surface area contributed by atoms with E-state index in [2.05, 4.69) is 4.99 Å². The highest BCUT2D eigenvalue weighted by atomic mass is 35.5. The number of benzene rings is 2. The average molecular weight is 367 g/mol. The number of thiazole rings is 1. The van der Waals surface area contributed by atoms with Crippen molar-refractivity contribution in [2.75, 3.05) is 7.11 Å². The van der Waals surface area contributed by atoms with E-state index >= 15 is 0 Å². The molecule has 4 nitrogen and oxygen atoms in total. The number of halogens is 2. The van der Waals surface area contributed by atoms with Crippen molar-refractivity contribution in [3.8, 4) is 5.75 Å². The Morgan fingerprint density at radius 2 is 2.04 bits per heavy atom. The molecule has 3 aromatic rings. The molecule has 118 valence electrons. The minimum Gasteiger partial charge on any atom is -0.497 e. The van der Waals surface area contributed by atoms with Crippen molar-refractivity contribution in [1.29, 1.82) is 0 Å². The quantitative estimate of drug-likeness (QED) is 0.678. The SMILES string of the molecule is COc1cccc(C(=O)N=c2sc3cc(Cl)cc(Cl)c3n2C)c1. The van der Waals surface area contributed by atoms with Gasteiger partial charge in [-0.25, -0.2) is 0 Å². The van der Waals surface area contributed by atoms with Gasteiger partial charge >= 0.3 is 0 Å². The lowest BCUT2D eigenvalue weighted by Crippen LogP contribution is -2.13. The average Bonchev–Trinajstić information content (AvgIpc) is 2.83. The van der Waals surface area contributed by atoms with Gasteiger partial charge in [0.2, 0.25) is 0 Å². The zero-order valence-electron chi connectivity index (χ0n) is 12.3. The van der Waals surface area contributed by atoms with Gasteiger partial charge in [-0.3, -0.25) is 4.79 Å². The summed E-state index contributed by atoms with van der Waals surface area (Å²) in [5.41, 5.74) is 1.27. The summed E-state index contributed by atoms with van der Waals surface area (Å²) < 4.78 is 7.79. The van der Waals surface area contributed by atoms with E-state index in [9.17, 15) is 4.79 Å². The number of hydrogen-bond donors (Lipinski definition) is 0. The van der Waals surface area contributed by atoms with Crippen molar-refractivity contribution < 1.29 is 9.53 Å². The van der Waals surface area contributed by atoms with E-state index < -0.39 is 0 Å². The van der Waals surface area contributed by atoms with Gasteiger partial charge in [-0.15, -0.1) is 0 Å². The lowest BCUT2D eigenvalue weighted by molar-refractivity contribution is 0.0997. The van der Waals surface area contributed by atoms with E-state index in [0.717, 1.165) is 10.2 Å². The molecule has 7 heteroatoms. The third-order valence-electron chi connectivity index (χ3n) is 3.33. The minimum absolute atomic E-state index is 0.340. The first-order chi connectivity index (χ1) is 11.0. The summed E-state index contributed by atoms with van der Waals surface area (Å²) >= 11 is 13.6. The molecule has 0 saturated heterocycles. The number of fused-ring (bicyclic) bond motifs is 1. The maximum atomic E-state index is 12.4. The normalized spacial score (nSPS) is 11.9. The Kier molecular flexibility index (Phi) is 4.43. The minimum atomic E-state index is -0.340. The first-order valence-corrected chi connectivity index (χ1v) is 8.24. The van der Waals surface area contributed by atoms with Crippen molar-refractivity contribution in [3.63, 3.8) is 0 Å². The van der Waals surface area contributed by atoms with Crippen LogP contribution in [0.2, 0.25) is 10.0 Å². The van der Waals surface area contributed by atoms with E-state index in [1.807, 2.05) is 13.1 Å². The van der Waals surface area contributed by atoms with E-state index in [0.29, 0.717) is 26.2 Å². The zero-order chi connectivity index (χ0) is 16.6. The van der Waals surface area contributed by atoms with Crippen molar-refractivity contribution in [3.05, 3.63) is 56.8 Å². The molecule has 0 saturated carbocycles. The molecule has 3 rings (SSSR count). The Morgan fingerprint density at radius 3 is 2.78 bits per heavy atom. The molecule has 0 atom stereocenters. The lowest BCUT2D eigenvalue weighted by Gasteiger charge is -2.01.